The minimum Gasteiger partial charge on any atom is -0.744 e. The van der Waals surface area contributed by atoms with Crippen LogP contribution in [0.5, 0.6) is 0 Å². The van der Waals surface area contributed by atoms with Crippen LogP contribution in [0.4, 0.5) is 0 Å². The second kappa shape index (κ2) is 5.72. The zero-order valence-electron chi connectivity index (χ0n) is 9.73. The van der Waals surface area contributed by atoms with Crippen molar-refractivity contribution in [3.05, 3.63) is 30.1 Å². The van der Waals surface area contributed by atoms with Crippen LogP contribution in [0.1, 0.15) is 5.82 Å². The normalized spacial score (nSPS) is 11.1. The summed E-state index contributed by atoms with van der Waals surface area (Å²) in [6.07, 6.45) is 0. The van der Waals surface area contributed by atoms with Crippen LogP contribution in [0.15, 0.2) is 34.3 Å². The summed E-state index contributed by atoms with van der Waals surface area (Å²) in [5.41, 5.74) is 0.481. The third kappa shape index (κ3) is 3.14. The molecule has 0 aliphatic heterocycles. The van der Waals surface area contributed by atoms with E-state index < -0.39 is 10.1 Å². The van der Waals surface area contributed by atoms with Gasteiger partial charge in [0, 0.05) is 0 Å². The summed E-state index contributed by atoms with van der Waals surface area (Å²) in [6, 6.07) is 5.62. The van der Waals surface area contributed by atoms with E-state index in [-0.39, 0.29) is 34.5 Å². The third-order valence-electron chi connectivity index (χ3n) is 2.17. The van der Waals surface area contributed by atoms with Crippen molar-refractivity contribution in [2.24, 2.45) is 0 Å². The van der Waals surface area contributed by atoms with E-state index in [0.29, 0.717) is 16.7 Å². The first-order valence-corrected chi connectivity index (χ1v) is 6.42. The van der Waals surface area contributed by atoms with Gasteiger partial charge < -0.3 is 4.55 Å². The molecule has 9 heteroatoms. The van der Waals surface area contributed by atoms with Crippen molar-refractivity contribution in [1.82, 2.24) is 14.8 Å². The summed E-state index contributed by atoms with van der Waals surface area (Å²) < 4.78 is 34.3. The quantitative estimate of drug-likeness (QED) is 0.385. The molecule has 1 heterocycles. The molecule has 1 aromatic heterocycles. The van der Waals surface area contributed by atoms with Crippen LogP contribution >= 0.6 is 12.6 Å². The molecule has 0 aliphatic rings. The first-order chi connectivity index (χ1) is 7.89. The molecule has 6 nitrogen and oxygen atoms in total. The Balaban J connectivity index is 0.00000162. The van der Waals surface area contributed by atoms with E-state index in [1.54, 1.807) is 13.0 Å². The number of benzene rings is 1. The molecule has 0 saturated heterocycles. The Bertz CT molecular complexity index is 650. The largest absolute Gasteiger partial charge is 1.00 e. The maximum absolute atomic E-state index is 10.9. The van der Waals surface area contributed by atoms with Crippen LogP contribution in [0.2, 0.25) is 0 Å². The molecule has 0 bridgehead atoms. The van der Waals surface area contributed by atoms with Gasteiger partial charge in [0.15, 0.2) is 5.16 Å². The molecule has 2 rings (SSSR count). The summed E-state index contributed by atoms with van der Waals surface area (Å²) >= 11 is 4.10. The monoisotopic (exact) mass is 293 g/mol. The van der Waals surface area contributed by atoms with E-state index in [1.165, 1.54) is 22.8 Å². The zero-order valence-corrected chi connectivity index (χ0v) is 13.4. The molecular weight excluding hydrogens is 285 g/mol. The fourth-order valence-corrected chi connectivity index (χ4v) is 2.25. The SMILES string of the molecule is Cc1nnc(S)n1-c1cccc(S(=O)(=O)[O-])c1.[Na+]. The molecule has 0 N–H and O–H groups in total. The molecule has 0 amide bonds. The van der Waals surface area contributed by atoms with E-state index in [0.717, 1.165) is 0 Å². The van der Waals surface area contributed by atoms with Crippen molar-refractivity contribution in [3.8, 4) is 5.69 Å². The molecule has 0 aliphatic carbocycles. The van der Waals surface area contributed by atoms with Crippen LogP contribution in [0.3, 0.4) is 0 Å². The zero-order chi connectivity index (χ0) is 12.6. The smallest absolute Gasteiger partial charge is 0.744 e. The molecule has 0 fully saturated rings. The number of nitrogens with zero attached hydrogens (tertiary/aromatic N) is 3. The Morgan fingerprint density at radius 3 is 2.50 bits per heavy atom. The number of hydrogen-bond acceptors (Lipinski definition) is 6. The fourth-order valence-electron chi connectivity index (χ4n) is 1.43. The first-order valence-electron chi connectivity index (χ1n) is 4.57. The average Bonchev–Trinajstić information content (AvgIpc) is 2.57. The third-order valence-corrected chi connectivity index (χ3v) is 3.29. The van der Waals surface area contributed by atoms with Crippen molar-refractivity contribution < 1.29 is 42.5 Å². The number of aryl methyl sites for hydroxylation is 1. The number of hydrogen-bond donors (Lipinski definition) is 1. The van der Waals surface area contributed by atoms with Gasteiger partial charge in [-0.3, -0.25) is 4.57 Å². The summed E-state index contributed by atoms with van der Waals surface area (Å²) in [6.45, 7) is 1.70. The van der Waals surface area contributed by atoms with E-state index in [1.807, 2.05) is 0 Å². The predicted octanol–water partition coefficient (Wildman–Crippen LogP) is -2.23. The molecule has 0 atom stereocenters. The summed E-state index contributed by atoms with van der Waals surface area (Å²) in [4.78, 5) is -0.296. The molecule has 0 spiro atoms. The molecule has 2 aromatic rings. The second-order valence-corrected chi connectivity index (χ2v) is 5.11. The minimum absolute atomic E-state index is 0. The summed E-state index contributed by atoms with van der Waals surface area (Å²) in [5.74, 6) is 0.551. The van der Waals surface area contributed by atoms with E-state index in [2.05, 4.69) is 22.8 Å². The van der Waals surface area contributed by atoms with Crippen molar-refractivity contribution in [1.29, 1.82) is 0 Å². The molecule has 0 saturated carbocycles. The van der Waals surface area contributed by atoms with Gasteiger partial charge in [0.25, 0.3) is 0 Å². The van der Waals surface area contributed by atoms with Gasteiger partial charge in [0.05, 0.1) is 10.6 Å². The van der Waals surface area contributed by atoms with Crippen LogP contribution < -0.4 is 29.6 Å². The Morgan fingerprint density at radius 1 is 1.33 bits per heavy atom. The van der Waals surface area contributed by atoms with Gasteiger partial charge >= 0.3 is 29.6 Å². The number of rotatable bonds is 2. The fraction of sp³-hybridized carbons (Fsp3) is 0.111. The van der Waals surface area contributed by atoms with Crippen LogP contribution in [0.25, 0.3) is 5.69 Å². The van der Waals surface area contributed by atoms with Gasteiger partial charge in [-0.1, -0.05) is 6.07 Å². The molecule has 1 aromatic carbocycles. The van der Waals surface area contributed by atoms with Crippen LogP contribution in [-0.2, 0) is 10.1 Å². The van der Waals surface area contributed by atoms with Gasteiger partial charge in [-0.05, 0) is 25.1 Å². The van der Waals surface area contributed by atoms with Gasteiger partial charge in [0.2, 0.25) is 0 Å². The maximum Gasteiger partial charge on any atom is 1.00 e. The molecule has 0 unspecified atom stereocenters. The van der Waals surface area contributed by atoms with E-state index in [9.17, 15) is 13.0 Å². The number of thiol groups is 1. The van der Waals surface area contributed by atoms with Crippen molar-refractivity contribution in [2.75, 3.05) is 0 Å². The van der Waals surface area contributed by atoms with E-state index in [4.69, 9.17) is 0 Å². The molecular formula is C9H8N3NaO3S2. The van der Waals surface area contributed by atoms with Crippen molar-refractivity contribution in [2.45, 2.75) is 17.0 Å². The van der Waals surface area contributed by atoms with Crippen LogP contribution in [-0.4, -0.2) is 27.7 Å². The Kier molecular flexibility index (Phi) is 4.98. The molecule has 0 radical (unpaired) electrons. The van der Waals surface area contributed by atoms with Gasteiger partial charge in [0.1, 0.15) is 15.9 Å². The average molecular weight is 293 g/mol. The van der Waals surface area contributed by atoms with Crippen molar-refractivity contribution >= 4 is 22.7 Å². The second-order valence-electron chi connectivity index (χ2n) is 3.33. The maximum atomic E-state index is 10.9. The summed E-state index contributed by atoms with van der Waals surface area (Å²) in [7, 11) is -4.47. The first kappa shape index (κ1) is 15.7. The van der Waals surface area contributed by atoms with Gasteiger partial charge in [-0.15, -0.1) is 22.8 Å². The van der Waals surface area contributed by atoms with Crippen molar-refractivity contribution in [3.63, 3.8) is 0 Å². The van der Waals surface area contributed by atoms with Crippen LogP contribution in [0, 0.1) is 6.92 Å². The van der Waals surface area contributed by atoms with E-state index >= 15 is 0 Å². The predicted molar refractivity (Wildman–Crippen MR) is 61.3 cm³/mol. The molecule has 18 heavy (non-hydrogen) atoms. The Labute approximate surface area is 132 Å². The van der Waals surface area contributed by atoms with Gasteiger partial charge in [-0.2, -0.15) is 0 Å². The standard InChI is InChI=1S/C9H9N3O3S2.Na/c1-6-10-11-9(16)12(6)7-3-2-4-8(5-7)17(13,14)15;/h2-5H,1H3,(H,11,16)(H,13,14,15);/q;+1/p-1. The van der Waals surface area contributed by atoms with Gasteiger partial charge in [-0.25, -0.2) is 8.42 Å². The Hall–Kier alpha value is -0.380. The number of aromatic nitrogens is 3. The minimum atomic E-state index is -4.47. The Morgan fingerprint density at radius 2 is 2.00 bits per heavy atom. The topological polar surface area (TPSA) is 87.9 Å². The molecule has 90 valence electrons. The summed E-state index contributed by atoms with van der Waals surface area (Å²) in [5, 5.41) is 7.85.